The zero-order valence-corrected chi connectivity index (χ0v) is 14.2. The second kappa shape index (κ2) is 6.30. The van der Waals surface area contributed by atoms with Crippen molar-refractivity contribution >= 4 is 17.9 Å². The highest BCUT2D eigenvalue weighted by Crippen LogP contribution is 2.44. The van der Waals surface area contributed by atoms with Gasteiger partial charge in [0.05, 0.1) is 7.11 Å². The summed E-state index contributed by atoms with van der Waals surface area (Å²) in [5.74, 6) is -3.41. The van der Waals surface area contributed by atoms with Crippen LogP contribution in [0, 0.1) is 0 Å². The molecule has 9 nitrogen and oxygen atoms in total. The molecule has 2 aliphatic rings. The number of esters is 3. The predicted octanol–water partition coefficient (Wildman–Crippen LogP) is -0.322. The summed E-state index contributed by atoms with van der Waals surface area (Å²) in [6.07, 6.45) is -4.49. The summed E-state index contributed by atoms with van der Waals surface area (Å²) in [7, 11) is 1.09. The molecular weight excluding hydrogens is 324 g/mol. The lowest BCUT2D eigenvalue weighted by molar-refractivity contribution is -0.225. The van der Waals surface area contributed by atoms with Crippen molar-refractivity contribution in [1.29, 1.82) is 0 Å². The summed E-state index contributed by atoms with van der Waals surface area (Å²) in [6, 6.07) is 0. The van der Waals surface area contributed by atoms with Crippen LogP contribution in [0.25, 0.3) is 0 Å². The molecule has 136 valence electrons. The van der Waals surface area contributed by atoms with Crippen LogP contribution in [0.5, 0.6) is 0 Å². The van der Waals surface area contributed by atoms with Gasteiger partial charge in [0, 0.05) is 20.3 Å². The predicted molar refractivity (Wildman–Crippen MR) is 76.5 cm³/mol. The van der Waals surface area contributed by atoms with Crippen LogP contribution in [-0.2, 0) is 38.1 Å². The molecule has 1 N–H and O–H groups in total. The van der Waals surface area contributed by atoms with Crippen molar-refractivity contribution in [2.24, 2.45) is 0 Å². The molecule has 2 rings (SSSR count). The Balaban J connectivity index is 2.45. The Morgan fingerprint density at radius 1 is 1.04 bits per heavy atom. The van der Waals surface area contributed by atoms with Gasteiger partial charge in [0.1, 0.15) is 18.3 Å². The molecule has 0 aromatic carbocycles. The highest BCUT2D eigenvalue weighted by Gasteiger charge is 2.65. The minimum atomic E-state index is -2.23. The summed E-state index contributed by atoms with van der Waals surface area (Å²) in [6.45, 7) is 5.59. The molecule has 1 aliphatic carbocycles. The third-order valence-corrected chi connectivity index (χ3v) is 3.96. The summed E-state index contributed by atoms with van der Waals surface area (Å²) in [5, 5.41) is 10.9. The van der Waals surface area contributed by atoms with Crippen molar-refractivity contribution in [2.75, 3.05) is 7.11 Å². The summed E-state index contributed by atoms with van der Waals surface area (Å²) >= 11 is 0. The van der Waals surface area contributed by atoms with E-state index in [1.54, 1.807) is 13.8 Å². The summed E-state index contributed by atoms with van der Waals surface area (Å²) in [4.78, 5) is 35.0. The number of aliphatic hydroxyl groups is 1. The minimum Gasteiger partial charge on any atom is -0.467 e. The fourth-order valence-corrected chi connectivity index (χ4v) is 3.19. The maximum Gasteiger partial charge on any atom is 0.342 e. The van der Waals surface area contributed by atoms with Crippen LogP contribution in [0.15, 0.2) is 0 Å². The van der Waals surface area contributed by atoms with Crippen LogP contribution >= 0.6 is 0 Å². The Hall–Kier alpha value is -1.71. The normalized spacial score (nSPS) is 37.2. The second-order valence-electron chi connectivity index (χ2n) is 6.36. The Bertz CT molecular complexity index is 543. The van der Waals surface area contributed by atoms with Crippen LogP contribution < -0.4 is 0 Å². The number of hydrogen-bond acceptors (Lipinski definition) is 9. The van der Waals surface area contributed by atoms with Gasteiger partial charge in [-0.2, -0.15) is 0 Å². The first-order chi connectivity index (χ1) is 11.0. The number of hydrogen-bond donors (Lipinski definition) is 1. The van der Waals surface area contributed by atoms with Gasteiger partial charge < -0.3 is 28.8 Å². The Labute approximate surface area is 139 Å². The van der Waals surface area contributed by atoms with E-state index in [1.165, 1.54) is 6.92 Å². The highest BCUT2D eigenvalue weighted by atomic mass is 16.8. The fourth-order valence-electron chi connectivity index (χ4n) is 3.19. The maximum atomic E-state index is 12.2. The number of methoxy groups -OCH3 is 1. The maximum absolute atomic E-state index is 12.2. The average Bonchev–Trinajstić information content (AvgIpc) is 2.77. The number of ether oxygens (including phenoxy) is 5. The third kappa shape index (κ3) is 3.38. The van der Waals surface area contributed by atoms with Gasteiger partial charge in [-0.05, 0) is 13.8 Å². The van der Waals surface area contributed by atoms with E-state index in [0.29, 0.717) is 0 Å². The van der Waals surface area contributed by atoms with Gasteiger partial charge in [0.25, 0.3) is 0 Å². The molecule has 9 heteroatoms. The number of carbonyl (C=O) groups is 3. The first-order valence-electron chi connectivity index (χ1n) is 7.51. The van der Waals surface area contributed by atoms with Crippen molar-refractivity contribution in [1.82, 2.24) is 0 Å². The second-order valence-corrected chi connectivity index (χ2v) is 6.36. The van der Waals surface area contributed by atoms with Crippen molar-refractivity contribution in [3.05, 3.63) is 0 Å². The quantitative estimate of drug-likeness (QED) is 0.541. The average molecular weight is 346 g/mol. The Morgan fingerprint density at radius 3 is 2.08 bits per heavy atom. The SMILES string of the molecule is COC(=O)[C@]1(O)C[C@H](OC(C)=O)[C@@H]2OC(C)(C)O[C@@H]2[C@H]1OC(C)=O. The number of fused-ring (bicyclic) bond motifs is 1. The van der Waals surface area contributed by atoms with E-state index >= 15 is 0 Å². The first-order valence-corrected chi connectivity index (χ1v) is 7.51. The van der Waals surface area contributed by atoms with Crippen molar-refractivity contribution in [3.8, 4) is 0 Å². The van der Waals surface area contributed by atoms with E-state index in [2.05, 4.69) is 4.74 Å². The largest absolute Gasteiger partial charge is 0.467 e. The minimum absolute atomic E-state index is 0.349. The zero-order chi connectivity index (χ0) is 18.3. The van der Waals surface area contributed by atoms with Gasteiger partial charge in [-0.1, -0.05) is 0 Å². The van der Waals surface area contributed by atoms with Crippen LogP contribution in [0.4, 0.5) is 0 Å². The van der Waals surface area contributed by atoms with Gasteiger partial charge in [-0.15, -0.1) is 0 Å². The molecule has 2 fully saturated rings. The molecule has 24 heavy (non-hydrogen) atoms. The molecule has 0 aromatic rings. The lowest BCUT2D eigenvalue weighted by Gasteiger charge is -2.44. The van der Waals surface area contributed by atoms with E-state index in [-0.39, 0.29) is 6.42 Å². The Kier molecular flexibility index (Phi) is 4.89. The van der Waals surface area contributed by atoms with Gasteiger partial charge in [-0.25, -0.2) is 4.79 Å². The highest BCUT2D eigenvalue weighted by molar-refractivity contribution is 5.81. The van der Waals surface area contributed by atoms with Gasteiger partial charge >= 0.3 is 17.9 Å². The monoisotopic (exact) mass is 346 g/mol. The molecule has 1 aliphatic heterocycles. The summed E-state index contributed by atoms with van der Waals surface area (Å²) < 4.78 is 26.4. The smallest absolute Gasteiger partial charge is 0.342 e. The van der Waals surface area contributed by atoms with Crippen LogP contribution in [-0.4, -0.2) is 65.9 Å². The first kappa shape index (κ1) is 18.6. The van der Waals surface area contributed by atoms with Crippen molar-refractivity contribution in [3.63, 3.8) is 0 Å². The lowest BCUT2D eigenvalue weighted by atomic mass is 9.77. The molecule has 5 atom stereocenters. The van der Waals surface area contributed by atoms with Gasteiger partial charge in [0.2, 0.25) is 5.60 Å². The van der Waals surface area contributed by atoms with Gasteiger partial charge in [0.15, 0.2) is 11.9 Å². The molecule has 0 amide bonds. The molecule has 0 aromatic heterocycles. The summed E-state index contributed by atoms with van der Waals surface area (Å²) in [5.41, 5.74) is -2.23. The molecule has 1 heterocycles. The number of rotatable bonds is 3. The van der Waals surface area contributed by atoms with E-state index in [9.17, 15) is 19.5 Å². The van der Waals surface area contributed by atoms with E-state index < -0.39 is 53.7 Å². The standard InChI is InChI=1S/C15H22O9/c1-7(16)21-9-6-15(19,13(18)20-5)12(22-8(2)17)11-10(9)23-14(3,4)24-11/h9-12,19H,6H2,1-5H3/t9-,10-,11-,12+,15-/m0/s1. The van der Waals surface area contributed by atoms with Crippen LogP contribution in [0.2, 0.25) is 0 Å². The topological polar surface area (TPSA) is 118 Å². The van der Waals surface area contributed by atoms with Crippen LogP contribution in [0.3, 0.4) is 0 Å². The van der Waals surface area contributed by atoms with Crippen molar-refractivity contribution in [2.45, 2.75) is 69.9 Å². The molecular formula is C15H22O9. The fraction of sp³-hybridized carbons (Fsp3) is 0.800. The molecule has 0 unspecified atom stereocenters. The Morgan fingerprint density at radius 2 is 1.58 bits per heavy atom. The molecule has 1 saturated carbocycles. The lowest BCUT2D eigenvalue weighted by Crippen LogP contribution is -2.66. The third-order valence-electron chi connectivity index (χ3n) is 3.96. The zero-order valence-electron chi connectivity index (χ0n) is 14.2. The van der Waals surface area contributed by atoms with E-state index in [4.69, 9.17) is 18.9 Å². The van der Waals surface area contributed by atoms with Crippen molar-refractivity contribution < 1.29 is 43.2 Å². The van der Waals surface area contributed by atoms with Crippen LogP contribution in [0.1, 0.15) is 34.1 Å². The molecule has 0 spiro atoms. The van der Waals surface area contributed by atoms with Gasteiger partial charge in [-0.3, -0.25) is 9.59 Å². The number of carbonyl (C=O) groups excluding carboxylic acids is 3. The van der Waals surface area contributed by atoms with E-state index in [1.807, 2.05) is 0 Å². The molecule has 1 saturated heterocycles. The van der Waals surface area contributed by atoms with E-state index in [0.717, 1.165) is 14.0 Å². The molecule has 0 radical (unpaired) electrons. The molecule has 0 bridgehead atoms.